The summed E-state index contributed by atoms with van der Waals surface area (Å²) in [5.41, 5.74) is 1.21. The molecule has 0 unspecified atom stereocenters. The van der Waals surface area contributed by atoms with Crippen molar-refractivity contribution in [3.63, 3.8) is 0 Å². The molecule has 1 N–H and O–H groups in total. The molecule has 1 aliphatic carbocycles. The monoisotopic (exact) mass is 297 g/mol. The lowest BCUT2D eigenvalue weighted by Gasteiger charge is -2.30. The molecule has 20 heavy (non-hydrogen) atoms. The molecule has 1 aliphatic rings. The SMILES string of the molecule is CC(C)CNCC1(Cc2cc(F)ccc2Cl)CCCC1. The molecule has 1 aromatic carbocycles. The first-order chi connectivity index (χ1) is 9.51. The predicted octanol–water partition coefficient (Wildman–Crippen LogP) is 4.83. The van der Waals surface area contributed by atoms with E-state index in [4.69, 9.17) is 11.6 Å². The Morgan fingerprint density at radius 2 is 2.00 bits per heavy atom. The van der Waals surface area contributed by atoms with Gasteiger partial charge in [0.15, 0.2) is 0 Å². The molecule has 1 fully saturated rings. The van der Waals surface area contributed by atoms with Crippen LogP contribution in [0.3, 0.4) is 0 Å². The average Bonchev–Trinajstić information content (AvgIpc) is 2.82. The predicted molar refractivity (Wildman–Crippen MR) is 83.7 cm³/mol. The van der Waals surface area contributed by atoms with E-state index in [2.05, 4.69) is 19.2 Å². The van der Waals surface area contributed by atoms with Crippen LogP contribution in [0, 0.1) is 17.2 Å². The van der Waals surface area contributed by atoms with Gasteiger partial charge in [-0.3, -0.25) is 0 Å². The summed E-state index contributed by atoms with van der Waals surface area (Å²) in [6.07, 6.45) is 5.86. The number of rotatable bonds is 6. The Kier molecular flexibility index (Phi) is 5.45. The van der Waals surface area contributed by atoms with Crippen LogP contribution in [0.2, 0.25) is 5.02 Å². The average molecular weight is 298 g/mol. The second-order valence-electron chi connectivity index (χ2n) is 6.64. The van der Waals surface area contributed by atoms with Gasteiger partial charge in [-0.2, -0.15) is 0 Å². The van der Waals surface area contributed by atoms with E-state index in [1.807, 2.05) is 0 Å². The topological polar surface area (TPSA) is 12.0 Å². The van der Waals surface area contributed by atoms with E-state index in [0.29, 0.717) is 10.9 Å². The summed E-state index contributed by atoms with van der Waals surface area (Å²) >= 11 is 6.23. The molecule has 3 heteroatoms. The van der Waals surface area contributed by atoms with Gasteiger partial charge in [0.05, 0.1) is 0 Å². The summed E-state index contributed by atoms with van der Waals surface area (Å²) in [5, 5.41) is 4.28. The van der Waals surface area contributed by atoms with E-state index in [-0.39, 0.29) is 11.2 Å². The fourth-order valence-electron chi connectivity index (χ4n) is 3.25. The third-order valence-corrected chi connectivity index (χ3v) is 4.66. The second-order valence-corrected chi connectivity index (χ2v) is 7.05. The highest BCUT2D eigenvalue weighted by Gasteiger charge is 2.34. The minimum Gasteiger partial charge on any atom is -0.316 e. The van der Waals surface area contributed by atoms with Crippen molar-refractivity contribution >= 4 is 11.6 Å². The van der Waals surface area contributed by atoms with E-state index < -0.39 is 0 Å². The number of hydrogen-bond acceptors (Lipinski definition) is 1. The summed E-state index contributed by atoms with van der Waals surface area (Å²) in [6, 6.07) is 4.71. The minimum atomic E-state index is -0.187. The van der Waals surface area contributed by atoms with Gasteiger partial charge >= 0.3 is 0 Å². The van der Waals surface area contributed by atoms with Crippen molar-refractivity contribution in [1.29, 1.82) is 0 Å². The third kappa shape index (κ3) is 4.20. The quantitative estimate of drug-likeness (QED) is 0.793. The van der Waals surface area contributed by atoms with Crippen molar-refractivity contribution in [3.05, 3.63) is 34.6 Å². The van der Waals surface area contributed by atoms with Gasteiger partial charge < -0.3 is 5.32 Å². The summed E-state index contributed by atoms with van der Waals surface area (Å²) < 4.78 is 13.4. The fraction of sp³-hybridized carbons (Fsp3) is 0.647. The molecule has 112 valence electrons. The van der Waals surface area contributed by atoms with Crippen molar-refractivity contribution in [3.8, 4) is 0 Å². The highest BCUT2D eigenvalue weighted by molar-refractivity contribution is 6.31. The van der Waals surface area contributed by atoms with Crippen molar-refractivity contribution in [2.75, 3.05) is 13.1 Å². The zero-order valence-corrected chi connectivity index (χ0v) is 13.3. The Hall–Kier alpha value is -0.600. The summed E-state index contributed by atoms with van der Waals surface area (Å²) in [7, 11) is 0. The largest absolute Gasteiger partial charge is 0.316 e. The van der Waals surface area contributed by atoms with Crippen LogP contribution in [0.1, 0.15) is 45.1 Å². The second kappa shape index (κ2) is 6.91. The number of hydrogen-bond donors (Lipinski definition) is 1. The smallest absolute Gasteiger partial charge is 0.123 e. The Balaban J connectivity index is 2.06. The third-order valence-electron chi connectivity index (χ3n) is 4.29. The molecule has 1 saturated carbocycles. The van der Waals surface area contributed by atoms with Crippen molar-refractivity contribution in [1.82, 2.24) is 5.32 Å². The van der Waals surface area contributed by atoms with Gasteiger partial charge in [0.1, 0.15) is 5.82 Å². The summed E-state index contributed by atoms with van der Waals surface area (Å²) in [4.78, 5) is 0. The first kappa shape index (κ1) is 15.8. The van der Waals surface area contributed by atoms with Crippen LogP contribution in [-0.4, -0.2) is 13.1 Å². The summed E-state index contributed by atoms with van der Waals surface area (Å²) in [6.45, 7) is 6.49. The maximum atomic E-state index is 13.4. The molecule has 1 aromatic rings. The molecule has 0 heterocycles. The molecule has 0 atom stereocenters. The number of nitrogens with one attached hydrogen (secondary N) is 1. The van der Waals surface area contributed by atoms with Crippen molar-refractivity contribution in [2.24, 2.45) is 11.3 Å². The van der Waals surface area contributed by atoms with E-state index in [9.17, 15) is 4.39 Å². The molecule has 0 amide bonds. The molecule has 0 saturated heterocycles. The van der Waals surface area contributed by atoms with Gasteiger partial charge in [-0.05, 0) is 60.9 Å². The fourth-order valence-corrected chi connectivity index (χ4v) is 3.43. The molecule has 0 radical (unpaired) electrons. The van der Waals surface area contributed by atoms with Crippen LogP contribution in [0.5, 0.6) is 0 Å². The molecule has 0 bridgehead atoms. The van der Waals surface area contributed by atoms with Crippen LogP contribution in [0.15, 0.2) is 18.2 Å². The van der Waals surface area contributed by atoms with Crippen LogP contribution in [0.4, 0.5) is 4.39 Å². The maximum Gasteiger partial charge on any atom is 0.123 e. The van der Waals surface area contributed by atoms with Crippen LogP contribution in [0.25, 0.3) is 0 Å². The Labute approximate surface area is 126 Å². The minimum absolute atomic E-state index is 0.187. The van der Waals surface area contributed by atoms with Crippen molar-refractivity contribution < 1.29 is 4.39 Å². The molecule has 0 aliphatic heterocycles. The highest BCUT2D eigenvalue weighted by Crippen LogP contribution is 2.41. The molecule has 2 rings (SSSR count). The van der Waals surface area contributed by atoms with Crippen LogP contribution >= 0.6 is 11.6 Å². The molecular formula is C17H25ClFN. The van der Waals surface area contributed by atoms with Gasteiger partial charge in [0, 0.05) is 11.6 Å². The highest BCUT2D eigenvalue weighted by atomic mass is 35.5. The normalized spacial score (nSPS) is 17.9. The van der Waals surface area contributed by atoms with Gasteiger partial charge in [0.2, 0.25) is 0 Å². The van der Waals surface area contributed by atoms with Gasteiger partial charge in [0.25, 0.3) is 0 Å². The maximum absolute atomic E-state index is 13.4. The van der Waals surface area contributed by atoms with E-state index in [0.717, 1.165) is 25.1 Å². The molecule has 0 aromatic heterocycles. The first-order valence-corrected chi connectivity index (χ1v) is 8.03. The first-order valence-electron chi connectivity index (χ1n) is 7.65. The van der Waals surface area contributed by atoms with Gasteiger partial charge in [-0.1, -0.05) is 38.3 Å². The molecule has 1 nitrogen and oxygen atoms in total. The van der Waals surface area contributed by atoms with Crippen LogP contribution in [-0.2, 0) is 6.42 Å². The van der Waals surface area contributed by atoms with E-state index in [1.54, 1.807) is 12.1 Å². The van der Waals surface area contributed by atoms with Crippen LogP contribution < -0.4 is 5.32 Å². The lowest BCUT2D eigenvalue weighted by atomic mass is 9.79. The zero-order chi connectivity index (χ0) is 14.6. The molecule has 0 spiro atoms. The number of benzene rings is 1. The lowest BCUT2D eigenvalue weighted by molar-refractivity contribution is 0.273. The molecular weight excluding hydrogens is 273 g/mol. The van der Waals surface area contributed by atoms with Gasteiger partial charge in [-0.15, -0.1) is 0 Å². The van der Waals surface area contributed by atoms with E-state index in [1.165, 1.54) is 31.7 Å². The Morgan fingerprint density at radius 3 is 2.65 bits per heavy atom. The lowest BCUT2D eigenvalue weighted by Crippen LogP contribution is -2.35. The van der Waals surface area contributed by atoms with Gasteiger partial charge in [-0.25, -0.2) is 4.39 Å². The standard InChI is InChI=1S/C17H25ClFN/c1-13(2)11-20-12-17(7-3-4-8-17)10-14-9-15(19)5-6-16(14)18/h5-6,9,13,20H,3-4,7-8,10-12H2,1-2H3. The zero-order valence-electron chi connectivity index (χ0n) is 12.5. The number of halogens is 2. The summed E-state index contributed by atoms with van der Waals surface area (Å²) in [5.74, 6) is 0.471. The van der Waals surface area contributed by atoms with E-state index >= 15 is 0 Å². The Bertz CT molecular complexity index is 439. The Morgan fingerprint density at radius 1 is 1.30 bits per heavy atom. The van der Waals surface area contributed by atoms with Crippen molar-refractivity contribution in [2.45, 2.75) is 46.0 Å².